The maximum atomic E-state index is 13.2. The Labute approximate surface area is 140 Å². The summed E-state index contributed by atoms with van der Waals surface area (Å²) in [7, 11) is 1.84. The lowest BCUT2D eigenvalue weighted by molar-refractivity contribution is 0.0690. The van der Waals surface area contributed by atoms with Crippen LogP contribution in [0.5, 0.6) is 0 Å². The van der Waals surface area contributed by atoms with Crippen LogP contribution in [0, 0.1) is 0 Å². The zero-order chi connectivity index (χ0) is 16.5. The van der Waals surface area contributed by atoms with Gasteiger partial charge in [0.05, 0.1) is 0 Å². The molecule has 24 heavy (non-hydrogen) atoms. The lowest BCUT2D eigenvalue weighted by atomic mass is 10.0. The molecule has 0 fully saturated rings. The van der Waals surface area contributed by atoms with Gasteiger partial charge in [0, 0.05) is 44.9 Å². The van der Waals surface area contributed by atoms with Gasteiger partial charge in [-0.1, -0.05) is 30.3 Å². The molecule has 0 aliphatic carbocycles. The third kappa shape index (κ3) is 2.40. The predicted octanol–water partition coefficient (Wildman–Crippen LogP) is 2.25. The summed E-state index contributed by atoms with van der Waals surface area (Å²) in [6, 6.07) is 9.88. The number of fused-ring (bicyclic) bond motifs is 1. The summed E-state index contributed by atoms with van der Waals surface area (Å²) >= 11 is 0. The number of nitrogens with zero attached hydrogens (tertiary/aromatic N) is 5. The van der Waals surface area contributed by atoms with Crippen LogP contribution in [0.2, 0.25) is 0 Å². The molecular weight excluding hydrogens is 302 g/mol. The molecule has 1 aromatic carbocycles. The lowest BCUT2D eigenvalue weighted by Crippen LogP contribution is -2.37. The molecule has 1 aliphatic rings. The molecule has 6 heteroatoms. The zero-order valence-electron chi connectivity index (χ0n) is 13.5. The average Bonchev–Trinajstić information content (AvgIpc) is 3.20. The predicted molar refractivity (Wildman–Crippen MR) is 89.4 cm³/mol. The van der Waals surface area contributed by atoms with Crippen LogP contribution in [0.1, 0.15) is 34.5 Å². The first-order valence-corrected chi connectivity index (χ1v) is 8.10. The van der Waals surface area contributed by atoms with Crippen molar-refractivity contribution >= 4 is 5.91 Å². The fourth-order valence-corrected chi connectivity index (χ4v) is 3.32. The van der Waals surface area contributed by atoms with E-state index in [-0.39, 0.29) is 11.9 Å². The number of rotatable bonds is 2. The summed E-state index contributed by atoms with van der Waals surface area (Å²) in [6.45, 7) is 1.54. The Morgan fingerprint density at radius 3 is 2.62 bits per heavy atom. The van der Waals surface area contributed by atoms with Crippen LogP contribution in [0.15, 0.2) is 55.1 Å². The zero-order valence-corrected chi connectivity index (χ0v) is 13.5. The summed E-state index contributed by atoms with van der Waals surface area (Å²) in [4.78, 5) is 23.8. The van der Waals surface area contributed by atoms with Gasteiger partial charge in [0.25, 0.3) is 5.91 Å². The van der Waals surface area contributed by atoms with Crippen molar-refractivity contribution in [2.45, 2.75) is 19.0 Å². The van der Waals surface area contributed by atoms with Gasteiger partial charge in [-0.15, -0.1) is 0 Å². The molecule has 0 spiro atoms. The first-order chi connectivity index (χ1) is 11.8. The monoisotopic (exact) mass is 321 g/mol. The summed E-state index contributed by atoms with van der Waals surface area (Å²) < 4.78 is 3.91. The van der Waals surface area contributed by atoms with E-state index in [0.29, 0.717) is 12.4 Å². The van der Waals surface area contributed by atoms with E-state index in [1.165, 1.54) is 0 Å². The molecule has 122 valence electrons. The molecule has 2 aromatic heterocycles. The molecule has 3 aromatic rings. The van der Waals surface area contributed by atoms with Gasteiger partial charge in [0.15, 0.2) is 5.82 Å². The summed E-state index contributed by atoms with van der Waals surface area (Å²) in [6.07, 6.45) is 8.13. The summed E-state index contributed by atoms with van der Waals surface area (Å²) in [5, 5.41) is 0. The second-order valence-electron chi connectivity index (χ2n) is 6.01. The molecule has 3 heterocycles. The van der Waals surface area contributed by atoms with E-state index in [2.05, 4.69) is 14.5 Å². The van der Waals surface area contributed by atoms with Crippen LogP contribution in [-0.2, 0) is 13.6 Å². The Morgan fingerprint density at radius 1 is 1.08 bits per heavy atom. The highest BCUT2D eigenvalue weighted by molar-refractivity contribution is 5.91. The highest BCUT2D eigenvalue weighted by Gasteiger charge is 2.33. The van der Waals surface area contributed by atoms with Crippen LogP contribution in [-0.4, -0.2) is 36.5 Å². The van der Waals surface area contributed by atoms with Crippen LogP contribution in [0.3, 0.4) is 0 Å². The normalized spacial score (nSPS) is 17.4. The van der Waals surface area contributed by atoms with Crippen LogP contribution in [0.25, 0.3) is 0 Å². The molecule has 0 N–H and O–H groups in total. The van der Waals surface area contributed by atoms with E-state index in [9.17, 15) is 4.79 Å². The fourth-order valence-electron chi connectivity index (χ4n) is 3.32. The van der Waals surface area contributed by atoms with Crippen molar-refractivity contribution in [2.75, 3.05) is 6.54 Å². The van der Waals surface area contributed by atoms with Crippen molar-refractivity contribution in [3.63, 3.8) is 0 Å². The van der Waals surface area contributed by atoms with Crippen molar-refractivity contribution in [2.24, 2.45) is 7.05 Å². The van der Waals surface area contributed by atoms with Gasteiger partial charge < -0.3 is 14.0 Å². The maximum Gasteiger partial charge on any atom is 0.290 e. The molecule has 1 aliphatic heterocycles. The Bertz CT molecular complexity index is 851. The van der Waals surface area contributed by atoms with Gasteiger partial charge >= 0.3 is 0 Å². The van der Waals surface area contributed by atoms with Crippen molar-refractivity contribution in [1.82, 2.24) is 24.0 Å². The third-order valence-corrected chi connectivity index (χ3v) is 4.49. The van der Waals surface area contributed by atoms with E-state index in [1.807, 2.05) is 48.5 Å². The standard InChI is InChI=1S/C18H19N5O/c1-21-12-8-20-17(21)18(24)23-11-5-10-22-13-9-19-16(22)15(23)14-6-3-2-4-7-14/h2-4,6-9,12-13,15H,5,10-11H2,1H3. The number of aromatic nitrogens is 4. The van der Waals surface area contributed by atoms with Crippen LogP contribution in [0.4, 0.5) is 0 Å². The largest absolute Gasteiger partial charge is 0.333 e. The Hall–Kier alpha value is -2.89. The molecular formula is C18H19N5O. The number of amides is 1. The number of hydrogen-bond acceptors (Lipinski definition) is 3. The van der Waals surface area contributed by atoms with Gasteiger partial charge in [-0.2, -0.15) is 0 Å². The van der Waals surface area contributed by atoms with E-state index < -0.39 is 0 Å². The topological polar surface area (TPSA) is 56.0 Å². The SMILES string of the molecule is Cn1ccnc1C(=O)N1CCCn2ccnc2C1c1ccccc1. The van der Waals surface area contributed by atoms with Gasteiger partial charge in [0.2, 0.25) is 0 Å². The van der Waals surface area contributed by atoms with Gasteiger partial charge in [-0.25, -0.2) is 9.97 Å². The molecule has 0 bridgehead atoms. The molecule has 1 atom stereocenters. The Morgan fingerprint density at radius 2 is 1.88 bits per heavy atom. The van der Waals surface area contributed by atoms with Crippen LogP contribution < -0.4 is 0 Å². The van der Waals surface area contributed by atoms with Crippen molar-refractivity contribution in [3.05, 3.63) is 72.3 Å². The molecule has 6 nitrogen and oxygen atoms in total. The molecule has 0 saturated carbocycles. The molecule has 1 unspecified atom stereocenters. The minimum atomic E-state index is -0.201. The van der Waals surface area contributed by atoms with Crippen molar-refractivity contribution < 1.29 is 4.79 Å². The molecule has 0 saturated heterocycles. The first kappa shape index (κ1) is 14.7. The molecule has 4 rings (SSSR count). The number of carbonyl (C=O) groups excluding carboxylic acids is 1. The van der Waals surface area contributed by atoms with E-state index in [0.717, 1.165) is 24.4 Å². The van der Waals surface area contributed by atoms with E-state index >= 15 is 0 Å². The van der Waals surface area contributed by atoms with E-state index in [4.69, 9.17) is 0 Å². The van der Waals surface area contributed by atoms with Crippen molar-refractivity contribution in [3.8, 4) is 0 Å². The number of carbonyl (C=O) groups is 1. The summed E-state index contributed by atoms with van der Waals surface area (Å²) in [5.41, 5.74) is 1.06. The Balaban J connectivity index is 1.82. The smallest absolute Gasteiger partial charge is 0.290 e. The van der Waals surface area contributed by atoms with Gasteiger partial charge in [-0.3, -0.25) is 4.79 Å². The quantitative estimate of drug-likeness (QED) is 0.727. The summed E-state index contributed by atoms with van der Waals surface area (Å²) in [5.74, 6) is 1.30. The number of benzene rings is 1. The minimum Gasteiger partial charge on any atom is -0.333 e. The van der Waals surface area contributed by atoms with Crippen LogP contribution >= 0.6 is 0 Å². The lowest BCUT2D eigenvalue weighted by Gasteiger charge is -2.29. The minimum absolute atomic E-state index is 0.0622. The van der Waals surface area contributed by atoms with Gasteiger partial charge in [0.1, 0.15) is 11.9 Å². The number of hydrogen-bond donors (Lipinski definition) is 0. The average molecular weight is 321 g/mol. The third-order valence-electron chi connectivity index (χ3n) is 4.49. The number of aryl methyl sites for hydroxylation is 2. The molecule has 0 radical (unpaired) electrons. The second-order valence-corrected chi connectivity index (χ2v) is 6.01. The number of imidazole rings is 2. The van der Waals surface area contributed by atoms with E-state index in [1.54, 1.807) is 23.2 Å². The fraction of sp³-hybridized carbons (Fsp3) is 0.278. The highest BCUT2D eigenvalue weighted by atomic mass is 16.2. The molecule has 1 amide bonds. The van der Waals surface area contributed by atoms with Crippen molar-refractivity contribution in [1.29, 1.82) is 0 Å². The first-order valence-electron chi connectivity index (χ1n) is 8.10. The second kappa shape index (κ2) is 5.96. The highest BCUT2D eigenvalue weighted by Crippen LogP contribution is 2.31. The maximum absolute atomic E-state index is 13.2. The van der Waals surface area contributed by atoms with Gasteiger partial charge in [-0.05, 0) is 12.0 Å². The Kier molecular flexibility index (Phi) is 3.65.